The quantitative estimate of drug-likeness (QED) is 0.739. The average Bonchev–Trinajstić information content (AvgIpc) is 3.39. The van der Waals surface area contributed by atoms with Gasteiger partial charge in [0, 0.05) is 43.9 Å². The van der Waals surface area contributed by atoms with Gasteiger partial charge in [0.2, 0.25) is 0 Å². The van der Waals surface area contributed by atoms with Crippen molar-refractivity contribution < 1.29 is 0 Å². The summed E-state index contributed by atoms with van der Waals surface area (Å²) < 4.78 is 1.86. The zero-order valence-corrected chi connectivity index (χ0v) is 13.5. The molecule has 3 aromatic rings. The molecular weight excluding hydrogens is 300 g/mol. The van der Waals surface area contributed by atoms with Gasteiger partial charge in [-0.1, -0.05) is 30.3 Å². The Balaban J connectivity index is 1.51. The molecule has 0 atom stereocenters. The highest BCUT2D eigenvalue weighted by molar-refractivity contribution is 5.65. The minimum atomic E-state index is 0.663. The van der Waals surface area contributed by atoms with Crippen LogP contribution in [0.5, 0.6) is 0 Å². The minimum absolute atomic E-state index is 0.663. The number of rotatable bonds is 3. The fraction of sp³-hybridized carbons (Fsp3) is 0.389. The maximum absolute atomic E-state index is 4.67. The molecule has 3 heterocycles. The Morgan fingerprint density at radius 3 is 2.50 bits per heavy atom. The van der Waals surface area contributed by atoms with Crippen LogP contribution in [-0.4, -0.2) is 56.7 Å². The molecule has 122 valence electrons. The van der Waals surface area contributed by atoms with Gasteiger partial charge in [0.05, 0.1) is 5.69 Å². The molecule has 24 heavy (non-hydrogen) atoms. The summed E-state index contributed by atoms with van der Waals surface area (Å²) in [4.78, 5) is 14.0. The molecule has 0 spiro atoms. The SMILES string of the molecule is c1ccc(-c2cc(N3CCN(C4CC4)CC3)n3ncnc3n2)cc1. The molecule has 5 rings (SSSR count). The van der Waals surface area contributed by atoms with Crippen molar-refractivity contribution in [1.82, 2.24) is 24.5 Å². The van der Waals surface area contributed by atoms with Crippen LogP contribution in [0.25, 0.3) is 17.0 Å². The number of hydrogen-bond donors (Lipinski definition) is 0. The fourth-order valence-corrected chi connectivity index (χ4v) is 3.53. The number of piperazine rings is 1. The van der Waals surface area contributed by atoms with Crippen molar-refractivity contribution in [3.63, 3.8) is 0 Å². The van der Waals surface area contributed by atoms with Crippen molar-refractivity contribution in [3.05, 3.63) is 42.7 Å². The van der Waals surface area contributed by atoms with E-state index in [-0.39, 0.29) is 0 Å². The van der Waals surface area contributed by atoms with Gasteiger partial charge in [0.1, 0.15) is 12.1 Å². The van der Waals surface area contributed by atoms with E-state index in [1.807, 2.05) is 22.7 Å². The predicted octanol–water partition coefficient (Wildman–Crippen LogP) is 2.08. The van der Waals surface area contributed by atoms with Gasteiger partial charge in [0.25, 0.3) is 5.78 Å². The summed E-state index contributed by atoms with van der Waals surface area (Å²) in [5.74, 6) is 1.75. The first-order valence-corrected chi connectivity index (χ1v) is 8.64. The van der Waals surface area contributed by atoms with Crippen LogP contribution in [0.3, 0.4) is 0 Å². The van der Waals surface area contributed by atoms with Gasteiger partial charge in [-0.05, 0) is 12.8 Å². The van der Waals surface area contributed by atoms with Gasteiger partial charge >= 0.3 is 0 Å². The number of aromatic nitrogens is 4. The van der Waals surface area contributed by atoms with Crippen LogP contribution >= 0.6 is 0 Å². The van der Waals surface area contributed by atoms with Crippen LogP contribution in [-0.2, 0) is 0 Å². The molecule has 6 heteroatoms. The topological polar surface area (TPSA) is 49.6 Å². The molecule has 0 unspecified atom stereocenters. The first-order chi connectivity index (χ1) is 11.9. The van der Waals surface area contributed by atoms with Gasteiger partial charge < -0.3 is 4.90 Å². The van der Waals surface area contributed by atoms with E-state index < -0.39 is 0 Å². The Labute approximate surface area is 140 Å². The third-order valence-electron chi connectivity index (χ3n) is 5.00. The molecule has 1 aliphatic carbocycles. The van der Waals surface area contributed by atoms with Crippen LogP contribution < -0.4 is 4.90 Å². The summed E-state index contributed by atoms with van der Waals surface area (Å²) >= 11 is 0. The number of nitrogens with zero attached hydrogens (tertiary/aromatic N) is 6. The van der Waals surface area contributed by atoms with Gasteiger partial charge in [0.15, 0.2) is 0 Å². The van der Waals surface area contributed by atoms with Crippen molar-refractivity contribution >= 4 is 11.6 Å². The summed E-state index contributed by atoms with van der Waals surface area (Å²) in [5.41, 5.74) is 2.07. The molecule has 1 aliphatic heterocycles. The lowest BCUT2D eigenvalue weighted by Crippen LogP contribution is -2.47. The molecule has 2 aromatic heterocycles. The lowest BCUT2D eigenvalue weighted by Gasteiger charge is -2.36. The van der Waals surface area contributed by atoms with Crippen LogP contribution in [0.1, 0.15) is 12.8 Å². The minimum Gasteiger partial charge on any atom is -0.354 e. The number of benzene rings is 1. The van der Waals surface area contributed by atoms with Gasteiger partial charge in [-0.2, -0.15) is 14.6 Å². The largest absolute Gasteiger partial charge is 0.354 e. The van der Waals surface area contributed by atoms with E-state index in [0.29, 0.717) is 5.78 Å². The second-order valence-electron chi connectivity index (χ2n) is 6.59. The molecule has 1 aromatic carbocycles. The number of hydrogen-bond acceptors (Lipinski definition) is 5. The Kier molecular flexibility index (Phi) is 3.23. The monoisotopic (exact) mass is 320 g/mol. The number of fused-ring (bicyclic) bond motifs is 1. The first kappa shape index (κ1) is 13.9. The van der Waals surface area contributed by atoms with E-state index in [1.54, 1.807) is 6.33 Å². The van der Waals surface area contributed by atoms with Crippen LogP contribution in [0, 0.1) is 0 Å². The zero-order chi connectivity index (χ0) is 15.9. The third-order valence-corrected chi connectivity index (χ3v) is 5.00. The lowest BCUT2D eigenvalue weighted by atomic mass is 10.1. The Morgan fingerprint density at radius 1 is 0.958 bits per heavy atom. The summed E-state index contributed by atoms with van der Waals surface area (Å²) in [7, 11) is 0. The normalized spacial score (nSPS) is 19.1. The van der Waals surface area contributed by atoms with Crippen molar-refractivity contribution in [1.29, 1.82) is 0 Å². The Hall–Kier alpha value is -2.47. The molecule has 0 amide bonds. The lowest BCUT2D eigenvalue weighted by molar-refractivity contribution is 0.247. The molecule has 2 aliphatic rings. The highest BCUT2D eigenvalue weighted by Crippen LogP contribution is 2.29. The molecular formula is C18H20N6. The van der Waals surface area contributed by atoms with Crippen molar-refractivity contribution in [2.45, 2.75) is 18.9 Å². The van der Waals surface area contributed by atoms with Crippen molar-refractivity contribution in [2.24, 2.45) is 0 Å². The highest BCUT2D eigenvalue weighted by Gasteiger charge is 2.31. The summed E-state index contributed by atoms with van der Waals surface area (Å²) in [6.07, 6.45) is 4.34. The molecule has 0 bridgehead atoms. The highest BCUT2D eigenvalue weighted by atomic mass is 15.4. The van der Waals surface area contributed by atoms with Gasteiger partial charge in [-0.3, -0.25) is 4.90 Å². The van der Waals surface area contributed by atoms with Crippen LogP contribution in [0.4, 0.5) is 5.82 Å². The second kappa shape index (κ2) is 5.56. The summed E-state index contributed by atoms with van der Waals surface area (Å²) in [6.45, 7) is 4.32. The number of anilines is 1. The average molecular weight is 320 g/mol. The molecule has 0 radical (unpaired) electrons. The standard InChI is InChI=1S/C18H20N6/c1-2-4-14(5-3-1)16-12-17(24-18(21-16)19-13-20-24)23-10-8-22(9-11-23)15-6-7-15/h1-5,12-13,15H,6-11H2. The molecule has 0 N–H and O–H groups in total. The summed E-state index contributed by atoms with van der Waals surface area (Å²) in [5, 5.41) is 4.38. The van der Waals surface area contributed by atoms with Crippen LogP contribution in [0.2, 0.25) is 0 Å². The molecule has 6 nitrogen and oxygen atoms in total. The van der Waals surface area contributed by atoms with Crippen molar-refractivity contribution in [2.75, 3.05) is 31.1 Å². The predicted molar refractivity (Wildman–Crippen MR) is 93.0 cm³/mol. The Morgan fingerprint density at radius 2 is 1.75 bits per heavy atom. The fourth-order valence-electron chi connectivity index (χ4n) is 3.53. The third kappa shape index (κ3) is 2.43. The first-order valence-electron chi connectivity index (χ1n) is 8.64. The van der Waals surface area contributed by atoms with E-state index in [0.717, 1.165) is 49.3 Å². The zero-order valence-electron chi connectivity index (χ0n) is 13.5. The van der Waals surface area contributed by atoms with E-state index in [1.165, 1.54) is 12.8 Å². The van der Waals surface area contributed by atoms with Gasteiger partial charge in [-0.15, -0.1) is 0 Å². The van der Waals surface area contributed by atoms with E-state index in [4.69, 9.17) is 0 Å². The van der Waals surface area contributed by atoms with Crippen molar-refractivity contribution in [3.8, 4) is 11.3 Å². The Bertz CT molecular complexity index is 846. The molecule has 1 saturated heterocycles. The second-order valence-corrected chi connectivity index (χ2v) is 6.59. The summed E-state index contributed by atoms with van der Waals surface area (Å²) in [6, 6.07) is 13.3. The van der Waals surface area contributed by atoms with Crippen LogP contribution in [0.15, 0.2) is 42.7 Å². The van der Waals surface area contributed by atoms with E-state index >= 15 is 0 Å². The molecule has 1 saturated carbocycles. The molecule has 2 fully saturated rings. The smallest absolute Gasteiger partial charge is 0.254 e. The van der Waals surface area contributed by atoms with E-state index in [2.05, 4.69) is 43.1 Å². The maximum atomic E-state index is 4.67. The maximum Gasteiger partial charge on any atom is 0.254 e. The van der Waals surface area contributed by atoms with Gasteiger partial charge in [-0.25, -0.2) is 4.98 Å². The van der Waals surface area contributed by atoms with E-state index in [9.17, 15) is 0 Å².